The van der Waals surface area contributed by atoms with E-state index in [1.165, 1.54) is 30.4 Å². The van der Waals surface area contributed by atoms with Crippen LogP contribution in [0.5, 0.6) is 0 Å². The average molecular weight is 252 g/mol. The lowest BCUT2D eigenvalue weighted by Crippen LogP contribution is -2.16. The molecular weight excluding hydrogens is 232 g/mol. The Morgan fingerprint density at radius 2 is 2.41 bits per heavy atom. The van der Waals surface area contributed by atoms with E-state index in [1.54, 1.807) is 17.4 Å². The highest BCUT2D eigenvalue weighted by Crippen LogP contribution is 2.23. The first-order valence-corrected chi connectivity index (χ1v) is 6.86. The van der Waals surface area contributed by atoms with Crippen LogP contribution in [-0.4, -0.2) is 13.1 Å². The second kappa shape index (κ2) is 7.28. The molecule has 0 spiro atoms. The summed E-state index contributed by atoms with van der Waals surface area (Å²) >= 11 is 1.72. The normalized spacial score (nSPS) is 12.1. The van der Waals surface area contributed by atoms with E-state index in [1.807, 2.05) is 0 Å². The highest BCUT2D eigenvalue weighted by Gasteiger charge is 2.18. The SMILES string of the molecule is C=CC(Cc1sccc1CCCC)C(=O)OC. The quantitative estimate of drug-likeness (QED) is 0.547. The minimum absolute atomic E-state index is 0.199. The number of methoxy groups -OCH3 is 1. The van der Waals surface area contributed by atoms with Gasteiger partial charge in [-0.15, -0.1) is 17.9 Å². The van der Waals surface area contributed by atoms with Crippen LogP contribution in [0.15, 0.2) is 24.1 Å². The Kier molecular flexibility index (Phi) is 5.98. The molecule has 2 nitrogen and oxygen atoms in total. The molecule has 0 saturated carbocycles. The molecule has 1 unspecified atom stereocenters. The van der Waals surface area contributed by atoms with Crippen molar-refractivity contribution in [2.45, 2.75) is 32.6 Å². The standard InChI is InChI=1S/C14H20O2S/c1-4-6-7-12-8-9-17-13(12)10-11(5-2)14(15)16-3/h5,8-9,11H,2,4,6-7,10H2,1,3H3. The maximum absolute atomic E-state index is 11.5. The van der Waals surface area contributed by atoms with E-state index in [2.05, 4.69) is 24.9 Å². The van der Waals surface area contributed by atoms with Gasteiger partial charge in [-0.1, -0.05) is 19.4 Å². The summed E-state index contributed by atoms with van der Waals surface area (Å²) < 4.78 is 4.77. The fourth-order valence-corrected chi connectivity index (χ4v) is 2.74. The predicted molar refractivity (Wildman–Crippen MR) is 72.3 cm³/mol. The van der Waals surface area contributed by atoms with Gasteiger partial charge in [0.1, 0.15) is 0 Å². The Bertz CT molecular complexity index is 368. The molecule has 0 aliphatic rings. The highest BCUT2D eigenvalue weighted by atomic mass is 32.1. The topological polar surface area (TPSA) is 26.3 Å². The number of unbranched alkanes of at least 4 members (excludes halogenated alkanes) is 1. The van der Waals surface area contributed by atoms with Crippen LogP contribution in [0, 0.1) is 5.92 Å². The molecule has 0 aromatic carbocycles. The van der Waals surface area contributed by atoms with Crippen LogP contribution >= 0.6 is 11.3 Å². The van der Waals surface area contributed by atoms with Gasteiger partial charge in [0.25, 0.3) is 0 Å². The van der Waals surface area contributed by atoms with Crippen LogP contribution < -0.4 is 0 Å². The number of aryl methyl sites for hydroxylation is 1. The van der Waals surface area contributed by atoms with Crippen LogP contribution in [0.3, 0.4) is 0 Å². The maximum Gasteiger partial charge on any atom is 0.312 e. The molecule has 0 N–H and O–H groups in total. The molecule has 94 valence electrons. The summed E-state index contributed by atoms with van der Waals surface area (Å²) in [5.41, 5.74) is 1.37. The van der Waals surface area contributed by atoms with Gasteiger partial charge in [-0.2, -0.15) is 0 Å². The fraction of sp³-hybridized carbons (Fsp3) is 0.500. The zero-order valence-corrected chi connectivity index (χ0v) is 11.4. The molecule has 0 amide bonds. The number of esters is 1. The van der Waals surface area contributed by atoms with Gasteiger partial charge in [0.15, 0.2) is 0 Å². The van der Waals surface area contributed by atoms with Crippen LogP contribution in [0.2, 0.25) is 0 Å². The first-order chi connectivity index (χ1) is 8.22. The van der Waals surface area contributed by atoms with Crippen LogP contribution in [0.25, 0.3) is 0 Å². The van der Waals surface area contributed by atoms with Gasteiger partial charge in [0, 0.05) is 4.88 Å². The molecule has 0 aliphatic carbocycles. The maximum atomic E-state index is 11.5. The number of carbonyl (C=O) groups is 1. The molecule has 3 heteroatoms. The summed E-state index contributed by atoms with van der Waals surface area (Å²) in [6.07, 6.45) is 5.88. The van der Waals surface area contributed by atoms with E-state index in [0.29, 0.717) is 6.42 Å². The molecule has 1 aromatic heterocycles. The third kappa shape index (κ3) is 4.00. The van der Waals surface area contributed by atoms with Crippen LogP contribution in [0.1, 0.15) is 30.2 Å². The van der Waals surface area contributed by atoms with Gasteiger partial charge in [-0.3, -0.25) is 4.79 Å². The molecule has 0 radical (unpaired) electrons. The summed E-state index contributed by atoms with van der Waals surface area (Å²) in [4.78, 5) is 12.8. The number of rotatable bonds is 7. The lowest BCUT2D eigenvalue weighted by molar-refractivity contribution is -0.143. The van der Waals surface area contributed by atoms with Crippen molar-refractivity contribution < 1.29 is 9.53 Å². The zero-order chi connectivity index (χ0) is 12.7. The van der Waals surface area contributed by atoms with Gasteiger partial charge in [-0.25, -0.2) is 0 Å². The van der Waals surface area contributed by atoms with E-state index < -0.39 is 0 Å². The second-order valence-corrected chi connectivity index (χ2v) is 5.04. The Morgan fingerprint density at radius 3 is 3.00 bits per heavy atom. The summed E-state index contributed by atoms with van der Waals surface area (Å²) in [5.74, 6) is -0.422. The van der Waals surface area contributed by atoms with Crippen molar-refractivity contribution in [2.75, 3.05) is 7.11 Å². The van der Waals surface area contributed by atoms with E-state index in [-0.39, 0.29) is 11.9 Å². The molecule has 1 aromatic rings. The van der Waals surface area contributed by atoms with Crippen LogP contribution in [-0.2, 0) is 22.4 Å². The molecule has 0 aliphatic heterocycles. The summed E-state index contributed by atoms with van der Waals surface area (Å²) in [5, 5.41) is 2.09. The Hall–Kier alpha value is -1.09. The first-order valence-electron chi connectivity index (χ1n) is 5.98. The second-order valence-electron chi connectivity index (χ2n) is 4.04. The van der Waals surface area contributed by atoms with Gasteiger partial charge in [-0.05, 0) is 36.3 Å². The summed E-state index contributed by atoms with van der Waals surface area (Å²) in [6, 6.07) is 2.16. The third-order valence-corrected chi connectivity index (χ3v) is 3.82. The Morgan fingerprint density at radius 1 is 1.65 bits per heavy atom. The lowest BCUT2D eigenvalue weighted by atomic mass is 10.0. The molecule has 1 heterocycles. The largest absolute Gasteiger partial charge is 0.469 e. The lowest BCUT2D eigenvalue weighted by Gasteiger charge is -2.10. The fourth-order valence-electron chi connectivity index (χ4n) is 1.75. The van der Waals surface area contributed by atoms with E-state index in [4.69, 9.17) is 4.74 Å². The van der Waals surface area contributed by atoms with Crippen molar-refractivity contribution in [2.24, 2.45) is 5.92 Å². The first kappa shape index (κ1) is 14.0. The van der Waals surface area contributed by atoms with Gasteiger partial charge in [0.05, 0.1) is 13.0 Å². The molecule has 1 atom stereocenters. The van der Waals surface area contributed by atoms with Crippen molar-refractivity contribution in [1.29, 1.82) is 0 Å². The van der Waals surface area contributed by atoms with Crippen molar-refractivity contribution in [3.05, 3.63) is 34.5 Å². The number of hydrogen-bond donors (Lipinski definition) is 0. The number of carbonyl (C=O) groups excluding carboxylic acids is 1. The third-order valence-electron chi connectivity index (χ3n) is 2.83. The summed E-state index contributed by atoms with van der Waals surface area (Å²) in [7, 11) is 1.42. The van der Waals surface area contributed by atoms with Crippen molar-refractivity contribution in [3.8, 4) is 0 Å². The monoisotopic (exact) mass is 252 g/mol. The molecule has 0 saturated heterocycles. The van der Waals surface area contributed by atoms with Crippen molar-refractivity contribution >= 4 is 17.3 Å². The van der Waals surface area contributed by atoms with Crippen molar-refractivity contribution in [1.82, 2.24) is 0 Å². The molecule has 1 rings (SSSR count). The van der Waals surface area contributed by atoms with Gasteiger partial charge >= 0.3 is 5.97 Å². The van der Waals surface area contributed by atoms with Gasteiger partial charge in [0.2, 0.25) is 0 Å². The van der Waals surface area contributed by atoms with E-state index >= 15 is 0 Å². The van der Waals surface area contributed by atoms with Crippen molar-refractivity contribution in [3.63, 3.8) is 0 Å². The highest BCUT2D eigenvalue weighted by molar-refractivity contribution is 7.10. The molecule has 0 bridgehead atoms. The number of hydrogen-bond acceptors (Lipinski definition) is 3. The zero-order valence-electron chi connectivity index (χ0n) is 10.6. The minimum atomic E-state index is -0.223. The number of thiophene rings is 1. The predicted octanol–water partition coefficient (Wildman–Crippen LogP) is 3.61. The Balaban J connectivity index is 2.69. The minimum Gasteiger partial charge on any atom is -0.469 e. The van der Waals surface area contributed by atoms with Gasteiger partial charge < -0.3 is 4.74 Å². The smallest absolute Gasteiger partial charge is 0.312 e. The number of ether oxygens (including phenoxy) is 1. The molecule has 17 heavy (non-hydrogen) atoms. The van der Waals surface area contributed by atoms with Crippen LogP contribution in [0.4, 0.5) is 0 Å². The molecule has 0 fully saturated rings. The Labute approximate surface area is 107 Å². The van der Waals surface area contributed by atoms with E-state index in [9.17, 15) is 4.79 Å². The van der Waals surface area contributed by atoms with E-state index in [0.717, 1.165) is 6.42 Å². The average Bonchev–Trinajstić information content (AvgIpc) is 2.79. The summed E-state index contributed by atoms with van der Waals surface area (Å²) in [6.45, 7) is 5.89. The molecular formula is C14H20O2S.